The molecule has 96 valence electrons. The number of benzene rings is 1. The van der Waals surface area contributed by atoms with Gasteiger partial charge >= 0.3 is 0 Å². The first-order valence-electron chi connectivity index (χ1n) is 6.29. The fraction of sp³-hybridized carbons (Fsp3) is 0.467. The number of hydrogen-bond acceptors (Lipinski definition) is 2. The number of rotatable bonds is 6. The van der Waals surface area contributed by atoms with Crippen LogP contribution in [0.25, 0.3) is 0 Å². The average Bonchev–Trinajstić information content (AvgIpc) is 3.19. The predicted molar refractivity (Wildman–Crippen MR) is 77.5 cm³/mol. The summed E-state index contributed by atoms with van der Waals surface area (Å²) in [5.74, 6) is 4.22. The molecule has 1 fully saturated rings. The van der Waals surface area contributed by atoms with Crippen molar-refractivity contribution in [2.75, 3.05) is 6.61 Å². The number of hydrogen-bond donors (Lipinski definition) is 1. The molecule has 1 unspecified atom stereocenters. The van der Waals surface area contributed by atoms with Gasteiger partial charge in [0.1, 0.15) is 12.4 Å². The van der Waals surface area contributed by atoms with E-state index in [4.69, 9.17) is 11.2 Å². The molecule has 1 atom stereocenters. The second-order valence-corrected chi connectivity index (χ2v) is 5.67. The second-order valence-electron chi connectivity index (χ2n) is 4.75. The van der Waals surface area contributed by atoms with Crippen molar-refractivity contribution in [3.63, 3.8) is 0 Å². The van der Waals surface area contributed by atoms with E-state index in [1.807, 2.05) is 12.1 Å². The molecule has 0 aliphatic heterocycles. The van der Waals surface area contributed by atoms with E-state index < -0.39 is 0 Å². The molecule has 1 aromatic rings. The Morgan fingerprint density at radius 2 is 2.33 bits per heavy atom. The summed E-state index contributed by atoms with van der Waals surface area (Å²) >= 11 is 3.49. The molecule has 3 heteroatoms. The van der Waals surface area contributed by atoms with Gasteiger partial charge in [0.2, 0.25) is 0 Å². The zero-order chi connectivity index (χ0) is 13.0. The fourth-order valence-electron chi connectivity index (χ4n) is 1.98. The third kappa shape index (κ3) is 3.76. The Kier molecular flexibility index (Phi) is 4.68. The van der Waals surface area contributed by atoms with Gasteiger partial charge in [0.15, 0.2) is 0 Å². The molecule has 0 heterocycles. The number of halogens is 1. The standard InChI is InChI=1S/C15H18BrNO/c1-3-8-18-15-7-6-14(16)9-13(15)10-17-11(2)12-4-5-12/h1,6-7,9,11-12,17H,4-5,8,10H2,2H3. The lowest BCUT2D eigenvalue weighted by atomic mass is 10.1. The van der Waals surface area contributed by atoms with Gasteiger partial charge in [-0.05, 0) is 43.9 Å². The Labute approximate surface area is 117 Å². The summed E-state index contributed by atoms with van der Waals surface area (Å²) in [4.78, 5) is 0. The lowest BCUT2D eigenvalue weighted by molar-refractivity contribution is 0.363. The number of terminal acetylenes is 1. The maximum atomic E-state index is 5.55. The highest BCUT2D eigenvalue weighted by Gasteiger charge is 2.27. The van der Waals surface area contributed by atoms with Crippen molar-refractivity contribution < 1.29 is 4.74 Å². The van der Waals surface area contributed by atoms with Gasteiger partial charge in [-0.1, -0.05) is 21.9 Å². The van der Waals surface area contributed by atoms with Crippen molar-refractivity contribution in [1.82, 2.24) is 5.32 Å². The molecule has 0 aromatic heterocycles. The Hall–Kier alpha value is -0.980. The van der Waals surface area contributed by atoms with E-state index in [1.165, 1.54) is 12.8 Å². The molecule has 0 radical (unpaired) electrons. The zero-order valence-corrected chi connectivity index (χ0v) is 12.2. The molecule has 0 saturated heterocycles. The van der Waals surface area contributed by atoms with Crippen LogP contribution in [0.4, 0.5) is 0 Å². The lowest BCUT2D eigenvalue weighted by Crippen LogP contribution is -2.27. The van der Waals surface area contributed by atoms with Crippen LogP contribution < -0.4 is 10.1 Å². The molecule has 2 rings (SSSR count). The zero-order valence-electron chi connectivity index (χ0n) is 10.6. The van der Waals surface area contributed by atoms with Gasteiger partial charge in [-0.15, -0.1) is 6.42 Å². The van der Waals surface area contributed by atoms with E-state index in [9.17, 15) is 0 Å². The molecule has 1 aromatic carbocycles. The molecule has 1 aliphatic carbocycles. The van der Waals surface area contributed by atoms with Crippen LogP contribution in [-0.2, 0) is 6.54 Å². The highest BCUT2D eigenvalue weighted by Crippen LogP contribution is 2.32. The minimum Gasteiger partial charge on any atom is -0.481 e. The Bertz CT molecular complexity index is 448. The predicted octanol–water partition coefficient (Wildman–Crippen LogP) is 3.35. The first kappa shape index (κ1) is 13.5. The maximum Gasteiger partial charge on any atom is 0.148 e. The van der Waals surface area contributed by atoms with Crippen molar-refractivity contribution >= 4 is 15.9 Å². The number of ether oxygens (including phenoxy) is 1. The van der Waals surface area contributed by atoms with E-state index in [1.54, 1.807) is 0 Å². The normalized spacial score (nSPS) is 16.1. The van der Waals surface area contributed by atoms with E-state index in [2.05, 4.69) is 40.2 Å². The minimum atomic E-state index is 0.312. The topological polar surface area (TPSA) is 21.3 Å². The molecule has 1 saturated carbocycles. The third-order valence-corrected chi connectivity index (χ3v) is 3.77. The quantitative estimate of drug-likeness (QED) is 0.814. The van der Waals surface area contributed by atoms with E-state index in [-0.39, 0.29) is 0 Å². The second kappa shape index (κ2) is 6.26. The van der Waals surface area contributed by atoms with Gasteiger partial charge in [-0.2, -0.15) is 0 Å². The smallest absolute Gasteiger partial charge is 0.148 e. The van der Waals surface area contributed by atoms with Gasteiger partial charge in [0, 0.05) is 22.6 Å². The molecule has 1 N–H and O–H groups in total. The Morgan fingerprint density at radius 1 is 1.56 bits per heavy atom. The maximum absolute atomic E-state index is 5.55. The Balaban J connectivity index is 1.99. The summed E-state index contributed by atoms with van der Waals surface area (Å²) in [5, 5.41) is 3.55. The highest BCUT2D eigenvalue weighted by atomic mass is 79.9. The molecule has 1 aliphatic rings. The van der Waals surface area contributed by atoms with Crippen LogP contribution in [-0.4, -0.2) is 12.6 Å². The van der Waals surface area contributed by atoms with Crippen molar-refractivity contribution in [3.8, 4) is 18.1 Å². The molecule has 2 nitrogen and oxygen atoms in total. The molecule has 18 heavy (non-hydrogen) atoms. The molecular formula is C15H18BrNO. The van der Waals surface area contributed by atoms with Crippen molar-refractivity contribution in [2.45, 2.75) is 32.4 Å². The average molecular weight is 308 g/mol. The molecule has 0 amide bonds. The largest absolute Gasteiger partial charge is 0.481 e. The summed E-state index contributed by atoms with van der Waals surface area (Å²) in [6, 6.07) is 6.59. The fourth-order valence-corrected chi connectivity index (χ4v) is 2.39. The monoisotopic (exact) mass is 307 g/mol. The van der Waals surface area contributed by atoms with E-state index in [0.29, 0.717) is 12.6 Å². The van der Waals surface area contributed by atoms with Crippen LogP contribution in [0.5, 0.6) is 5.75 Å². The minimum absolute atomic E-state index is 0.312. The summed E-state index contributed by atoms with van der Waals surface area (Å²) in [6.45, 7) is 3.38. The van der Waals surface area contributed by atoms with Crippen molar-refractivity contribution in [3.05, 3.63) is 28.2 Å². The van der Waals surface area contributed by atoms with E-state index in [0.717, 1.165) is 28.2 Å². The summed E-state index contributed by atoms with van der Waals surface area (Å²) < 4.78 is 6.61. The summed E-state index contributed by atoms with van der Waals surface area (Å²) in [5.41, 5.74) is 1.15. The van der Waals surface area contributed by atoms with Crippen LogP contribution in [0.2, 0.25) is 0 Å². The van der Waals surface area contributed by atoms with Gasteiger partial charge < -0.3 is 10.1 Å². The highest BCUT2D eigenvalue weighted by molar-refractivity contribution is 9.10. The van der Waals surface area contributed by atoms with E-state index >= 15 is 0 Å². The van der Waals surface area contributed by atoms with Crippen molar-refractivity contribution in [1.29, 1.82) is 0 Å². The van der Waals surface area contributed by atoms with Crippen LogP contribution >= 0.6 is 15.9 Å². The van der Waals surface area contributed by atoms with Crippen LogP contribution in [0.1, 0.15) is 25.3 Å². The summed E-state index contributed by atoms with van der Waals surface area (Å²) in [6.07, 6.45) is 7.94. The van der Waals surface area contributed by atoms with Gasteiger partial charge in [0.25, 0.3) is 0 Å². The number of nitrogens with one attached hydrogen (secondary N) is 1. The molecular weight excluding hydrogens is 290 g/mol. The first-order valence-corrected chi connectivity index (χ1v) is 7.08. The Morgan fingerprint density at radius 3 is 3.00 bits per heavy atom. The molecule has 0 spiro atoms. The first-order chi connectivity index (χ1) is 8.70. The van der Waals surface area contributed by atoms with Crippen molar-refractivity contribution in [2.24, 2.45) is 5.92 Å². The summed E-state index contributed by atoms with van der Waals surface area (Å²) in [7, 11) is 0. The SMILES string of the molecule is C#CCOc1ccc(Br)cc1CNC(C)C1CC1. The van der Waals surface area contributed by atoms with Gasteiger partial charge in [0.05, 0.1) is 0 Å². The van der Waals surface area contributed by atoms with Gasteiger partial charge in [-0.25, -0.2) is 0 Å². The van der Waals surface area contributed by atoms with Crippen LogP contribution in [0.15, 0.2) is 22.7 Å². The van der Waals surface area contributed by atoms with Crippen LogP contribution in [0, 0.1) is 18.3 Å². The molecule has 0 bridgehead atoms. The van der Waals surface area contributed by atoms with Crippen LogP contribution in [0.3, 0.4) is 0 Å². The lowest BCUT2D eigenvalue weighted by Gasteiger charge is -2.15. The van der Waals surface area contributed by atoms with Gasteiger partial charge in [-0.3, -0.25) is 0 Å². The third-order valence-electron chi connectivity index (χ3n) is 3.28.